The molecule has 1 aromatic carbocycles. The highest BCUT2D eigenvalue weighted by molar-refractivity contribution is 7.99. The summed E-state index contributed by atoms with van der Waals surface area (Å²) in [5.41, 5.74) is 1.12. The number of carbonyl (C=O) groups excluding carboxylic acids is 2. The fourth-order valence-corrected chi connectivity index (χ4v) is 2.74. The van der Waals surface area contributed by atoms with Crippen LogP contribution < -0.4 is 10.6 Å². The first-order chi connectivity index (χ1) is 10.1. The first-order valence-electron chi connectivity index (χ1n) is 7.35. The lowest BCUT2D eigenvalue weighted by atomic mass is 10.1. The maximum Gasteiger partial charge on any atom is 0.253 e. The van der Waals surface area contributed by atoms with Crippen LogP contribution in [0.3, 0.4) is 0 Å². The molecule has 0 aliphatic heterocycles. The van der Waals surface area contributed by atoms with E-state index in [0.29, 0.717) is 11.3 Å². The molecule has 0 spiro atoms. The molecular formula is C16H22N2O2S. The lowest BCUT2D eigenvalue weighted by Crippen LogP contribution is -2.33. The van der Waals surface area contributed by atoms with Crippen LogP contribution in [0.4, 0.5) is 5.69 Å². The van der Waals surface area contributed by atoms with Crippen molar-refractivity contribution in [2.24, 2.45) is 0 Å². The molecule has 0 aromatic heterocycles. The third-order valence-corrected chi connectivity index (χ3v) is 4.76. The smallest absolute Gasteiger partial charge is 0.253 e. The van der Waals surface area contributed by atoms with Crippen LogP contribution in [0.1, 0.15) is 43.0 Å². The van der Waals surface area contributed by atoms with Crippen LogP contribution in [0.15, 0.2) is 24.3 Å². The van der Waals surface area contributed by atoms with Crippen LogP contribution in [-0.4, -0.2) is 29.4 Å². The SMILES string of the molecule is CSC(C)C(=O)Nc1ccccc1C(=O)NC1CCCC1. The van der Waals surface area contributed by atoms with Gasteiger partial charge in [0.25, 0.3) is 5.91 Å². The number of benzene rings is 1. The molecule has 2 rings (SSSR count). The van der Waals surface area contributed by atoms with Gasteiger partial charge in [-0.3, -0.25) is 9.59 Å². The number of hydrogen-bond donors (Lipinski definition) is 2. The summed E-state index contributed by atoms with van der Waals surface area (Å²) < 4.78 is 0. The van der Waals surface area contributed by atoms with E-state index in [0.717, 1.165) is 12.8 Å². The fourth-order valence-electron chi connectivity index (χ4n) is 2.46. The quantitative estimate of drug-likeness (QED) is 0.879. The molecule has 2 amide bonds. The van der Waals surface area contributed by atoms with Gasteiger partial charge < -0.3 is 10.6 Å². The molecule has 1 aliphatic carbocycles. The van der Waals surface area contributed by atoms with Gasteiger partial charge in [0.1, 0.15) is 0 Å². The zero-order valence-corrected chi connectivity index (χ0v) is 13.3. The Balaban J connectivity index is 2.08. The molecule has 0 saturated heterocycles. The Kier molecular flexibility index (Phi) is 5.67. The summed E-state index contributed by atoms with van der Waals surface area (Å²) in [7, 11) is 0. The lowest BCUT2D eigenvalue weighted by molar-refractivity contribution is -0.115. The molecule has 114 valence electrons. The van der Waals surface area contributed by atoms with Crippen LogP contribution in [-0.2, 0) is 4.79 Å². The monoisotopic (exact) mass is 306 g/mol. The summed E-state index contributed by atoms with van der Waals surface area (Å²) >= 11 is 1.48. The molecule has 2 N–H and O–H groups in total. The summed E-state index contributed by atoms with van der Waals surface area (Å²) in [6.07, 6.45) is 6.33. The van der Waals surface area contributed by atoms with Gasteiger partial charge in [-0.15, -0.1) is 0 Å². The molecule has 4 nitrogen and oxygen atoms in total. The van der Waals surface area contributed by atoms with Gasteiger partial charge in [0.05, 0.1) is 16.5 Å². The van der Waals surface area contributed by atoms with Crippen molar-refractivity contribution >= 4 is 29.3 Å². The van der Waals surface area contributed by atoms with Crippen molar-refractivity contribution in [1.29, 1.82) is 0 Å². The summed E-state index contributed by atoms with van der Waals surface area (Å²) in [5.74, 6) is -0.182. The molecule has 1 aromatic rings. The van der Waals surface area contributed by atoms with Crippen LogP contribution >= 0.6 is 11.8 Å². The lowest BCUT2D eigenvalue weighted by Gasteiger charge is -2.16. The van der Waals surface area contributed by atoms with Crippen molar-refractivity contribution in [3.63, 3.8) is 0 Å². The van der Waals surface area contributed by atoms with E-state index in [9.17, 15) is 9.59 Å². The number of nitrogens with one attached hydrogen (secondary N) is 2. The zero-order chi connectivity index (χ0) is 15.2. The summed E-state index contributed by atoms with van der Waals surface area (Å²) in [5, 5.41) is 5.76. The highest BCUT2D eigenvalue weighted by Gasteiger charge is 2.20. The van der Waals surface area contributed by atoms with E-state index in [2.05, 4.69) is 10.6 Å². The summed E-state index contributed by atoms with van der Waals surface area (Å²) in [6.45, 7) is 1.85. The summed E-state index contributed by atoms with van der Waals surface area (Å²) in [6, 6.07) is 7.44. The number of anilines is 1. The van der Waals surface area contributed by atoms with E-state index in [1.807, 2.05) is 25.3 Å². The standard InChI is InChI=1S/C16H22N2O2S/c1-11(21-2)15(19)18-14-10-6-5-9-13(14)16(20)17-12-7-3-4-8-12/h5-6,9-12H,3-4,7-8H2,1-2H3,(H,17,20)(H,18,19). The van der Waals surface area contributed by atoms with Crippen molar-refractivity contribution in [3.8, 4) is 0 Å². The van der Waals surface area contributed by atoms with E-state index in [4.69, 9.17) is 0 Å². The minimum atomic E-state index is -0.143. The zero-order valence-electron chi connectivity index (χ0n) is 12.5. The third kappa shape index (κ3) is 4.24. The van der Waals surface area contributed by atoms with Crippen LogP contribution in [0.2, 0.25) is 0 Å². The number of carbonyl (C=O) groups is 2. The van der Waals surface area contributed by atoms with Crippen molar-refractivity contribution < 1.29 is 9.59 Å². The highest BCUT2D eigenvalue weighted by atomic mass is 32.2. The molecule has 0 bridgehead atoms. The third-order valence-electron chi connectivity index (χ3n) is 3.84. The van der Waals surface area contributed by atoms with Crippen molar-refractivity contribution in [2.75, 3.05) is 11.6 Å². The van der Waals surface area contributed by atoms with Gasteiger partial charge in [-0.1, -0.05) is 25.0 Å². The molecule has 1 atom stereocenters. The average molecular weight is 306 g/mol. The predicted molar refractivity (Wildman–Crippen MR) is 87.8 cm³/mol. The van der Waals surface area contributed by atoms with Gasteiger partial charge >= 0.3 is 0 Å². The molecule has 0 heterocycles. The van der Waals surface area contributed by atoms with Crippen molar-refractivity contribution in [3.05, 3.63) is 29.8 Å². The molecule has 5 heteroatoms. The Morgan fingerprint density at radius 2 is 1.90 bits per heavy atom. The van der Waals surface area contributed by atoms with Crippen LogP contribution in [0, 0.1) is 0 Å². The normalized spacial score (nSPS) is 16.5. The molecule has 1 unspecified atom stereocenters. The number of rotatable bonds is 5. The highest BCUT2D eigenvalue weighted by Crippen LogP contribution is 2.21. The van der Waals surface area contributed by atoms with Crippen LogP contribution in [0.25, 0.3) is 0 Å². The second-order valence-corrected chi connectivity index (χ2v) is 6.55. The van der Waals surface area contributed by atoms with E-state index in [1.165, 1.54) is 24.6 Å². The second kappa shape index (κ2) is 7.50. The second-order valence-electron chi connectivity index (χ2n) is 5.37. The molecule has 1 aliphatic rings. The van der Waals surface area contributed by atoms with E-state index in [1.54, 1.807) is 12.1 Å². The average Bonchev–Trinajstić information content (AvgIpc) is 2.99. The molecule has 1 saturated carbocycles. The predicted octanol–water partition coefficient (Wildman–Crippen LogP) is 3.05. The first kappa shape index (κ1) is 15.9. The topological polar surface area (TPSA) is 58.2 Å². The van der Waals surface area contributed by atoms with Gasteiger partial charge in [-0.05, 0) is 38.2 Å². The van der Waals surface area contributed by atoms with E-state index in [-0.39, 0.29) is 23.1 Å². The maximum absolute atomic E-state index is 12.4. The van der Waals surface area contributed by atoms with Crippen molar-refractivity contribution in [1.82, 2.24) is 5.32 Å². The number of para-hydroxylation sites is 1. The molecule has 1 fully saturated rings. The van der Waals surface area contributed by atoms with Gasteiger partial charge in [-0.2, -0.15) is 11.8 Å². The van der Waals surface area contributed by atoms with Gasteiger partial charge in [0, 0.05) is 6.04 Å². The van der Waals surface area contributed by atoms with Gasteiger partial charge in [0.15, 0.2) is 0 Å². The minimum absolute atomic E-state index is 0.0800. The molecular weight excluding hydrogens is 284 g/mol. The Hall–Kier alpha value is -1.49. The minimum Gasteiger partial charge on any atom is -0.349 e. The summed E-state index contributed by atoms with van der Waals surface area (Å²) in [4.78, 5) is 24.4. The maximum atomic E-state index is 12.4. The van der Waals surface area contributed by atoms with Gasteiger partial charge in [0.2, 0.25) is 5.91 Å². The van der Waals surface area contributed by atoms with Crippen molar-refractivity contribution in [2.45, 2.75) is 43.9 Å². The molecule has 21 heavy (non-hydrogen) atoms. The number of amides is 2. The van der Waals surface area contributed by atoms with E-state index < -0.39 is 0 Å². The molecule has 0 radical (unpaired) electrons. The Bertz CT molecular complexity index is 513. The Morgan fingerprint density at radius 1 is 1.24 bits per heavy atom. The fraction of sp³-hybridized carbons (Fsp3) is 0.500. The van der Waals surface area contributed by atoms with Gasteiger partial charge in [-0.25, -0.2) is 0 Å². The Labute approximate surface area is 130 Å². The Morgan fingerprint density at radius 3 is 2.57 bits per heavy atom. The number of thioether (sulfide) groups is 1. The van der Waals surface area contributed by atoms with E-state index >= 15 is 0 Å². The van der Waals surface area contributed by atoms with Crippen LogP contribution in [0.5, 0.6) is 0 Å². The largest absolute Gasteiger partial charge is 0.349 e. The number of hydrogen-bond acceptors (Lipinski definition) is 3. The first-order valence-corrected chi connectivity index (χ1v) is 8.64.